The minimum atomic E-state index is -2.94. The van der Waals surface area contributed by atoms with Crippen molar-refractivity contribution < 1.29 is 18.9 Å². The van der Waals surface area contributed by atoms with Crippen molar-refractivity contribution in [2.24, 2.45) is 0 Å². The van der Waals surface area contributed by atoms with Crippen LogP contribution in [0.25, 0.3) is 0 Å². The molecule has 3 rings (SSSR count). The summed E-state index contributed by atoms with van der Waals surface area (Å²) in [5, 5.41) is 0.633. The van der Waals surface area contributed by atoms with Gasteiger partial charge in [0.15, 0.2) is 0 Å². The standard InChI is InChI=1S/C14H15O4P/c15-10-6-13-14(18-13)7-11(16)9-19(17,8-10)12-4-2-1-3-5-12/h1-5,13-14H,6-9H2. The van der Waals surface area contributed by atoms with Crippen molar-refractivity contribution in [3.8, 4) is 0 Å². The Bertz CT molecular complexity index is 538. The first kappa shape index (κ1) is 12.8. The van der Waals surface area contributed by atoms with Gasteiger partial charge in [-0.3, -0.25) is 9.59 Å². The van der Waals surface area contributed by atoms with Crippen LogP contribution in [-0.2, 0) is 18.9 Å². The number of epoxide rings is 1. The average molecular weight is 278 g/mol. The summed E-state index contributed by atoms with van der Waals surface area (Å²) in [4.78, 5) is 23.9. The molecule has 1 aromatic rings. The van der Waals surface area contributed by atoms with Crippen LogP contribution in [0.2, 0.25) is 0 Å². The topological polar surface area (TPSA) is 63.7 Å². The molecule has 0 amide bonds. The highest BCUT2D eigenvalue weighted by Crippen LogP contribution is 2.47. The molecule has 100 valence electrons. The van der Waals surface area contributed by atoms with E-state index in [1.165, 1.54) is 0 Å². The van der Waals surface area contributed by atoms with Crippen LogP contribution >= 0.6 is 7.14 Å². The second-order valence-corrected chi connectivity index (χ2v) is 8.17. The molecule has 1 aromatic carbocycles. The van der Waals surface area contributed by atoms with Crippen LogP contribution in [0.3, 0.4) is 0 Å². The minimum Gasteiger partial charge on any atom is -0.369 e. The molecule has 2 atom stereocenters. The molecule has 4 nitrogen and oxygen atoms in total. The fourth-order valence-corrected chi connectivity index (χ4v) is 5.21. The second-order valence-electron chi connectivity index (χ2n) is 5.24. The molecule has 2 fully saturated rings. The number of hydrogen-bond acceptors (Lipinski definition) is 4. The van der Waals surface area contributed by atoms with Gasteiger partial charge in [-0.25, -0.2) is 0 Å². The molecular formula is C14H15O4P. The third kappa shape index (κ3) is 2.70. The monoisotopic (exact) mass is 278 g/mol. The Balaban J connectivity index is 1.92. The number of ether oxygens (including phenoxy) is 1. The number of carbonyl (C=O) groups is 2. The highest BCUT2D eigenvalue weighted by Gasteiger charge is 2.45. The zero-order valence-corrected chi connectivity index (χ0v) is 11.3. The highest BCUT2D eigenvalue weighted by atomic mass is 31.2. The first-order valence-electron chi connectivity index (χ1n) is 6.39. The smallest absolute Gasteiger partial charge is 0.143 e. The molecule has 19 heavy (non-hydrogen) atoms. The van der Waals surface area contributed by atoms with E-state index in [1.54, 1.807) is 24.3 Å². The number of Topliss-reactive ketones (excluding diaryl/α,β-unsaturated/α-hetero) is 2. The Morgan fingerprint density at radius 2 is 1.47 bits per heavy atom. The Kier molecular flexibility index (Phi) is 3.15. The van der Waals surface area contributed by atoms with Crippen LogP contribution in [0.1, 0.15) is 12.8 Å². The quantitative estimate of drug-likeness (QED) is 0.575. The van der Waals surface area contributed by atoms with Crippen LogP contribution in [0.4, 0.5) is 0 Å². The van der Waals surface area contributed by atoms with Gasteiger partial charge in [0.25, 0.3) is 0 Å². The van der Waals surface area contributed by atoms with Gasteiger partial charge in [-0.1, -0.05) is 30.3 Å². The first-order chi connectivity index (χ1) is 9.07. The zero-order chi connectivity index (χ0) is 13.5. The molecule has 0 N–H and O–H groups in total. The summed E-state index contributed by atoms with van der Waals surface area (Å²) < 4.78 is 18.3. The van der Waals surface area contributed by atoms with Gasteiger partial charge in [-0.15, -0.1) is 0 Å². The van der Waals surface area contributed by atoms with E-state index >= 15 is 0 Å². The van der Waals surface area contributed by atoms with Gasteiger partial charge in [-0.05, 0) is 0 Å². The van der Waals surface area contributed by atoms with Crippen LogP contribution in [0, 0.1) is 0 Å². The molecule has 2 aliphatic rings. The van der Waals surface area contributed by atoms with Crippen LogP contribution in [0.15, 0.2) is 30.3 Å². The van der Waals surface area contributed by atoms with Crippen molar-refractivity contribution in [1.29, 1.82) is 0 Å². The Morgan fingerprint density at radius 1 is 0.947 bits per heavy atom. The summed E-state index contributed by atoms with van der Waals surface area (Å²) in [6, 6.07) is 8.90. The van der Waals surface area contributed by atoms with Gasteiger partial charge in [0.05, 0.1) is 24.5 Å². The van der Waals surface area contributed by atoms with E-state index in [0.29, 0.717) is 5.30 Å². The lowest BCUT2D eigenvalue weighted by molar-refractivity contribution is -0.117. The molecule has 2 heterocycles. The third-order valence-corrected chi connectivity index (χ3v) is 6.60. The first-order valence-corrected chi connectivity index (χ1v) is 8.47. The summed E-state index contributed by atoms with van der Waals surface area (Å²) in [5.74, 6) is -0.122. The minimum absolute atomic E-state index is 0.0185. The second kappa shape index (κ2) is 4.69. The predicted molar refractivity (Wildman–Crippen MR) is 71.3 cm³/mol. The Labute approximate surface area is 111 Å². The number of fused-ring (bicyclic) bond motifs is 1. The van der Waals surface area contributed by atoms with Crippen molar-refractivity contribution in [3.05, 3.63) is 30.3 Å². The Morgan fingerprint density at radius 3 is 2.00 bits per heavy atom. The van der Waals surface area contributed by atoms with Crippen molar-refractivity contribution in [1.82, 2.24) is 0 Å². The van der Waals surface area contributed by atoms with Gasteiger partial charge >= 0.3 is 0 Å². The van der Waals surface area contributed by atoms with Gasteiger partial charge in [0.2, 0.25) is 0 Å². The maximum atomic E-state index is 13.0. The number of ketones is 2. The van der Waals surface area contributed by atoms with E-state index < -0.39 is 7.14 Å². The summed E-state index contributed by atoms with van der Waals surface area (Å²) in [5.41, 5.74) is 0. The average Bonchev–Trinajstić information content (AvgIpc) is 3.06. The molecule has 0 saturated carbocycles. The number of rotatable bonds is 1. The van der Waals surface area contributed by atoms with Crippen molar-refractivity contribution in [2.75, 3.05) is 12.3 Å². The lowest BCUT2D eigenvalue weighted by Crippen LogP contribution is -2.20. The van der Waals surface area contributed by atoms with Crippen LogP contribution in [0.5, 0.6) is 0 Å². The molecule has 0 aromatic heterocycles. The SMILES string of the molecule is O=C1CC2OC2CC(=O)CP(=O)(c2ccccc2)C1. The molecule has 2 saturated heterocycles. The van der Waals surface area contributed by atoms with Gasteiger partial charge < -0.3 is 9.30 Å². The van der Waals surface area contributed by atoms with Crippen molar-refractivity contribution >= 4 is 24.0 Å². The maximum absolute atomic E-state index is 13.0. The zero-order valence-electron chi connectivity index (χ0n) is 10.5. The molecule has 5 heteroatoms. The van der Waals surface area contributed by atoms with Crippen LogP contribution < -0.4 is 5.30 Å². The van der Waals surface area contributed by atoms with Gasteiger partial charge in [-0.2, -0.15) is 0 Å². The number of benzene rings is 1. The molecule has 0 bridgehead atoms. The maximum Gasteiger partial charge on any atom is 0.143 e. The summed E-state index contributed by atoms with van der Waals surface area (Å²) in [6.45, 7) is 0. The van der Waals surface area contributed by atoms with E-state index in [-0.39, 0.29) is 48.9 Å². The molecule has 0 radical (unpaired) electrons. The van der Waals surface area contributed by atoms with E-state index in [2.05, 4.69) is 0 Å². The van der Waals surface area contributed by atoms with Gasteiger partial charge in [0.1, 0.15) is 18.7 Å². The van der Waals surface area contributed by atoms with E-state index in [1.807, 2.05) is 6.07 Å². The van der Waals surface area contributed by atoms with E-state index in [0.717, 1.165) is 0 Å². The largest absolute Gasteiger partial charge is 0.369 e. The third-order valence-electron chi connectivity index (χ3n) is 3.64. The summed E-state index contributed by atoms with van der Waals surface area (Å²) in [7, 11) is -2.94. The summed E-state index contributed by atoms with van der Waals surface area (Å²) in [6.07, 6.45) is 0.284. The molecule has 0 spiro atoms. The number of hydrogen-bond donors (Lipinski definition) is 0. The lowest BCUT2D eigenvalue weighted by atomic mass is 10.1. The predicted octanol–water partition coefficient (Wildman–Crippen LogP) is 1.37. The molecule has 2 aliphatic heterocycles. The molecular weight excluding hydrogens is 263 g/mol. The van der Waals surface area contributed by atoms with Crippen LogP contribution in [-0.4, -0.2) is 36.1 Å². The lowest BCUT2D eigenvalue weighted by Gasteiger charge is -2.16. The fourth-order valence-electron chi connectivity index (χ4n) is 2.62. The van der Waals surface area contributed by atoms with E-state index in [9.17, 15) is 14.2 Å². The Hall–Kier alpha value is -1.25. The van der Waals surface area contributed by atoms with Crippen molar-refractivity contribution in [3.63, 3.8) is 0 Å². The number of carbonyl (C=O) groups excluding carboxylic acids is 2. The van der Waals surface area contributed by atoms with Gasteiger partial charge in [0, 0.05) is 18.1 Å². The summed E-state index contributed by atoms with van der Waals surface area (Å²) >= 11 is 0. The van der Waals surface area contributed by atoms with E-state index in [4.69, 9.17) is 4.74 Å². The molecule has 2 unspecified atom stereocenters. The van der Waals surface area contributed by atoms with Crippen molar-refractivity contribution in [2.45, 2.75) is 25.0 Å². The fraction of sp³-hybridized carbons (Fsp3) is 0.429. The highest BCUT2D eigenvalue weighted by molar-refractivity contribution is 7.73. The molecule has 0 aliphatic carbocycles. The normalized spacial score (nSPS) is 34.9.